The fraction of sp³-hybridized carbons (Fsp3) is 0.0909. The number of ether oxygens (including phenoxy) is 1. The molecule has 0 aliphatic heterocycles. The summed E-state index contributed by atoms with van der Waals surface area (Å²) in [5.74, 6) is 1.16. The molecule has 1 aromatic heterocycles. The maximum atomic E-state index is 5.90. The summed E-state index contributed by atoms with van der Waals surface area (Å²) in [6, 6.07) is 5.47. The molecule has 0 spiro atoms. The second-order valence-electron chi connectivity index (χ2n) is 3.19. The molecule has 0 atom stereocenters. The third-order valence-electron chi connectivity index (χ3n) is 1.99. The van der Waals surface area contributed by atoms with E-state index in [-0.39, 0.29) is 0 Å². The van der Waals surface area contributed by atoms with E-state index in [1.165, 1.54) is 6.33 Å². The van der Waals surface area contributed by atoms with Gasteiger partial charge in [0.2, 0.25) is 5.88 Å². The zero-order chi connectivity index (χ0) is 11.5. The molecule has 0 aliphatic rings. The first-order valence-corrected chi connectivity index (χ1v) is 5.73. The van der Waals surface area contributed by atoms with Crippen LogP contribution >= 0.6 is 27.5 Å². The Morgan fingerprint density at radius 1 is 1.38 bits per heavy atom. The van der Waals surface area contributed by atoms with Gasteiger partial charge < -0.3 is 4.74 Å². The van der Waals surface area contributed by atoms with Gasteiger partial charge >= 0.3 is 0 Å². The fourth-order valence-electron chi connectivity index (χ4n) is 1.16. The maximum Gasteiger partial charge on any atom is 0.236 e. The van der Waals surface area contributed by atoms with Crippen LogP contribution in [0.2, 0.25) is 5.02 Å². The largest absolute Gasteiger partial charge is 0.437 e. The number of benzene rings is 1. The smallest absolute Gasteiger partial charge is 0.236 e. The summed E-state index contributed by atoms with van der Waals surface area (Å²) in [5, 5.41) is 0.630. The predicted octanol–water partition coefficient (Wildman–Crippen LogP) is 3.99. The van der Waals surface area contributed by atoms with Crippen LogP contribution in [0, 0.1) is 6.92 Å². The van der Waals surface area contributed by atoms with E-state index in [4.69, 9.17) is 16.3 Å². The molecule has 0 saturated heterocycles. The lowest BCUT2D eigenvalue weighted by Crippen LogP contribution is -1.92. The van der Waals surface area contributed by atoms with E-state index in [0.717, 1.165) is 5.56 Å². The minimum absolute atomic E-state index is 0.473. The predicted molar refractivity (Wildman–Crippen MR) is 66.0 cm³/mol. The normalized spacial score (nSPS) is 10.2. The summed E-state index contributed by atoms with van der Waals surface area (Å²) in [5.41, 5.74) is 0.995. The molecule has 1 heterocycles. The number of aromatic nitrogens is 2. The monoisotopic (exact) mass is 298 g/mol. The van der Waals surface area contributed by atoms with Crippen molar-refractivity contribution in [3.05, 3.63) is 45.8 Å². The SMILES string of the molecule is Cc1ccc(Cl)cc1Oc1ncncc1Br. The van der Waals surface area contributed by atoms with Crippen LogP contribution in [0.4, 0.5) is 0 Å². The summed E-state index contributed by atoms with van der Waals surface area (Å²) in [7, 11) is 0. The van der Waals surface area contributed by atoms with Crippen molar-refractivity contribution in [2.75, 3.05) is 0 Å². The van der Waals surface area contributed by atoms with Crippen LogP contribution in [0.15, 0.2) is 35.2 Å². The zero-order valence-electron chi connectivity index (χ0n) is 8.45. The lowest BCUT2D eigenvalue weighted by atomic mass is 10.2. The molecule has 16 heavy (non-hydrogen) atoms. The quantitative estimate of drug-likeness (QED) is 0.841. The van der Waals surface area contributed by atoms with E-state index in [0.29, 0.717) is 21.1 Å². The molecule has 82 valence electrons. The van der Waals surface area contributed by atoms with Gasteiger partial charge in [-0.2, -0.15) is 0 Å². The Morgan fingerprint density at radius 2 is 2.19 bits per heavy atom. The number of hydrogen-bond donors (Lipinski definition) is 0. The second-order valence-corrected chi connectivity index (χ2v) is 4.48. The molecule has 0 aliphatic carbocycles. The Bertz CT molecular complexity index is 519. The van der Waals surface area contributed by atoms with Crippen molar-refractivity contribution in [1.82, 2.24) is 9.97 Å². The summed E-state index contributed by atoms with van der Waals surface area (Å²) in [4.78, 5) is 7.88. The Balaban J connectivity index is 2.34. The summed E-state index contributed by atoms with van der Waals surface area (Å²) >= 11 is 9.21. The molecule has 0 N–H and O–H groups in total. The summed E-state index contributed by atoms with van der Waals surface area (Å²) < 4.78 is 6.34. The molecule has 0 unspecified atom stereocenters. The number of halogens is 2. The second kappa shape index (κ2) is 4.80. The van der Waals surface area contributed by atoms with Gasteiger partial charge in [0.25, 0.3) is 0 Å². The standard InChI is InChI=1S/C11H8BrClN2O/c1-7-2-3-8(13)4-10(7)16-11-9(12)5-14-6-15-11/h2-6H,1H3. The fourth-order valence-corrected chi connectivity index (χ4v) is 1.63. The van der Waals surface area contributed by atoms with Gasteiger partial charge in [0.15, 0.2) is 0 Å². The van der Waals surface area contributed by atoms with Crippen molar-refractivity contribution in [2.24, 2.45) is 0 Å². The molecule has 0 fully saturated rings. The molecule has 0 saturated carbocycles. The minimum atomic E-state index is 0.473. The third-order valence-corrected chi connectivity index (χ3v) is 2.77. The van der Waals surface area contributed by atoms with Crippen LogP contribution in [-0.2, 0) is 0 Å². The van der Waals surface area contributed by atoms with Crippen LogP contribution in [0.3, 0.4) is 0 Å². The summed E-state index contributed by atoms with van der Waals surface area (Å²) in [6.45, 7) is 1.95. The molecule has 5 heteroatoms. The van der Waals surface area contributed by atoms with Gasteiger partial charge in [0, 0.05) is 11.2 Å². The first-order chi connectivity index (χ1) is 7.66. The Kier molecular flexibility index (Phi) is 3.41. The lowest BCUT2D eigenvalue weighted by molar-refractivity contribution is 0.454. The van der Waals surface area contributed by atoms with Crippen LogP contribution in [0.25, 0.3) is 0 Å². The van der Waals surface area contributed by atoms with Crippen molar-refractivity contribution in [3.8, 4) is 11.6 Å². The third kappa shape index (κ3) is 2.51. The number of nitrogens with zero attached hydrogens (tertiary/aromatic N) is 2. The van der Waals surface area contributed by atoms with E-state index in [2.05, 4.69) is 25.9 Å². The van der Waals surface area contributed by atoms with E-state index >= 15 is 0 Å². The van der Waals surface area contributed by atoms with E-state index in [9.17, 15) is 0 Å². The molecule has 1 aromatic carbocycles. The Labute approximate surface area is 107 Å². The molecule has 2 rings (SSSR count). The molecule has 3 nitrogen and oxygen atoms in total. The average Bonchev–Trinajstić information content (AvgIpc) is 2.27. The van der Waals surface area contributed by atoms with Crippen LogP contribution < -0.4 is 4.74 Å². The number of rotatable bonds is 2. The molecular formula is C11H8BrClN2O. The minimum Gasteiger partial charge on any atom is -0.437 e. The van der Waals surface area contributed by atoms with Crippen molar-refractivity contribution < 1.29 is 4.74 Å². The van der Waals surface area contributed by atoms with Crippen LogP contribution in [0.1, 0.15) is 5.56 Å². The van der Waals surface area contributed by atoms with Gasteiger partial charge in [-0.1, -0.05) is 17.7 Å². The highest BCUT2D eigenvalue weighted by Gasteiger charge is 2.06. The average molecular weight is 300 g/mol. The maximum absolute atomic E-state index is 5.90. The van der Waals surface area contributed by atoms with E-state index in [1.807, 2.05) is 19.1 Å². The van der Waals surface area contributed by atoms with Crippen LogP contribution in [0.5, 0.6) is 11.6 Å². The molecular weight excluding hydrogens is 291 g/mol. The van der Waals surface area contributed by atoms with Gasteiger partial charge in [-0.15, -0.1) is 0 Å². The topological polar surface area (TPSA) is 35.0 Å². The highest BCUT2D eigenvalue weighted by Crippen LogP contribution is 2.30. The van der Waals surface area contributed by atoms with E-state index < -0.39 is 0 Å². The Morgan fingerprint density at radius 3 is 2.94 bits per heavy atom. The van der Waals surface area contributed by atoms with Crippen molar-refractivity contribution in [1.29, 1.82) is 0 Å². The Hall–Kier alpha value is -1.13. The van der Waals surface area contributed by atoms with Gasteiger partial charge in [0.1, 0.15) is 12.1 Å². The molecule has 0 bridgehead atoms. The van der Waals surface area contributed by atoms with Crippen molar-refractivity contribution in [2.45, 2.75) is 6.92 Å². The lowest BCUT2D eigenvalue weighted by Gasteiger charge is -2.08. The molecule has 2 aromatic rings. The zero-order valence-corrected chi connectivity index (χ0v) is 10.8. The van der Waals surface area contributed by atoms with Gasteiger partial charge in [-0.25, -0.2) is 9.97 Å². The van der Waals surface area contributed by atoms with Crippen molar-refractivity contribution >= 4 is 27.5 Å². The summed E-state index contributed by atoms with van der Waals surface area (Å²) in [6.07, 6.45) is 3.06. The number of hydrogen-bond acceptors (Lipinski definition) is 3. The first kappa shape index (κ1) is 11.4. The molecule has 0 radical (unpaired) electrons. The highest BCUT2D eigenvalue weighted by molar-refractivity contribution is 9.10. The van der Waals surface area contributed by atoms with Gasteiger partial charge in [-0.05, 0) is 40.5 Å². The van der Waals surface area contributed by atoms with Gasteiger partial charge in [0.05, 0.1) is 4.47 Å². The van der Waals surface area contributed by atoms with Crippen molar-refractivity contribution in [3.63, 3.8) is 0 Å². The number of aryl methyl sites for hydroxylation is 1. The van der Waals surface area contributed by atoms with Crippen LogP contribution in [-0.4, -0.2) is 9.97 Å². The first-order valence-electron chi connectivity index (χ1n) is 4.56. The molecule has 0 amide bonds. The highest BCUT2D eigenvalue weighted by atomic mass is 79.9. The van der Waals surface area contributed by atoms with E-state index in [1.54, 1.807) is 12.3 Å². The van der Waals surface area contributed by atoms with Gasteiger partial charge in [-0.3, -0.25) is 0 Å².